The highest BCUT2D eigenvalue weighted by atomic mass is 16.7. The maximum absolute atomic E-state index is 12.7. The molecule has 10 atom stereocenters. The summed E-state index contributed by atoms with van der Waals surface area (Å²) in [6.07, 6.45) is -16.4. The van der Waals surface area contributed by atoms with Crippen molar-refractivity contribution in [3.63, 3.8) is 0 Å². The lowest BCUT2D eigenvalue weighted by Gasteiger charge is -2.42. The van der Waals surface area contributed by atoms with Crippen LogP contribution in [-0.4, -0.2) is 126 Å². The van der Waals surface area contributed by atoms with Gasteiger partial charge in [0.1, 0.15) is 77.1 Å². The van der Waals surface area contributed by atoms with E-state index in [0.717, 1.165) is 18.2 Å². The normalized spacial score (nSPS) is 33.0. The highest BCUT2D eigenvalue weighted by Crippen LogP contribution is 2.35. The first kappa shape index (κ1) is 30.9. The van der Waals surface area contributed by atoms with Crippen LogP contribution in [0.2, 0.25) is 0 Å². The molecule has 2 aliphatic rings. The standard InChI is InChI=1S/C27H30O16/c28-7-17-20(33)22(35)24(37)26(42-17)39-8-18-21(34)23(36)25(38)27(43-18)40-10-4-13(31)19-14(32)6-15(41-16(19)5-10)9-1-2-11(29)12(30)3-9/h1-6,17-18,20-31,33-38H,7-8H2/t17-,18-,20-,21-,22+,23+,24-,25-,26-,27-/m0/s1. The van der Waals surface area contributed by atoms with E-state index in [1.54, 1.807) is 0 Å². The zero-order valence-corrected chi connectivity index (χ0v) is 22.1. The van der Waals surface area contributed by atoms with Crippen molar-refractivity contribution >= 4 is 11.0 Å². The van der Waals surface area contributed by atoms with Gasteiger partial charge in [-0.05, 0) is 18.2 Å². The second-order valence-corrected chi connectivity index (χ2v) is 10.2. The third-order valence-corrected chi connectivity index (χ3v) is 7.24. The van der Waals surface area contributed by atoms with Crippen molar-refractivity contribution in [2.45, 2.75) is 61.4 Å². The van der Waals surface area contributed by atoms with Gasteiger partial charge in [-0.1, -0.05) is 0 Å². The highest BCUT2D eigenvalue weighted by molar-refractivity contribution is 5.86. The molecule has 2 saturated heterocycles. The van der Waals surface area contributed by atoms with Gasteiger partial charge in [-0.25, -0.2) is 0 Å². The number of aliphatic hydroxyl groups excluding tert-OH is 7. The van der Waals surface area contributed by atoms with E-state index in [0.29, 0.717) is 0 Å². The summed E-state index contributed by atoms with van der Waals surface area (Å²) >= 11 is 0. The number of benzene rings is 2. The second kappa shape index (κ2) is 12.2. The molecule has 2 aromatic carbocycles. The van der Waals surface area contributed by atoms with E-state index in [2.05, 4.69) is 0 Å². The third kappa shape index (κ3) is 5.98. The summed E-state index contributed by atoms with van der Waals surface area (Å²) in [5.74, 6) is -1.64. The number of fused-ring (bicyclic) bond motifs is 1. The highest BCUT2D eigenvalue weighted by Gasteiger charge is 2.48. The Morgan fingerprint density at radius 1 is 0.698 bits per heavy atom. The zero-order chi connectivity index (χ0) is 31.2. The van der Waals surface area contributed by atoms with Gasteiger partial charge in [0.05, 0.1) is 13.2 Å². The van der Waals surface area contributed by atoms with E-state index < -0.39 is 97.3 Å². The Kier molecular flexibility index (Phi) is 8.77. The summed E-state index contributed by atoms with van der Waals surface area (Å²) < 4.78 is 27.6. The van der Waals surface area contributed by atoms with Crippen LogP contribution in [0, 0.1) is 0 Å². The van der Waals surface area contributed by atoms with Gasteiger partial charge < -0.3 is 74.4 Å². The van der Waals surface area contributed by atoms with E-state index in [1.807, 2.05) is 0 Å². The Morgan fingerprint density at radius 3 is 2.02 bits per heavy atom. The number of phenols is 3. The molecule has 43 heavy (non-hydrogen) atoms. The van der Waals surface area contributed by atoms with Crippen LogP contribution in [0.25, 0.3) is 22.3 Å². The van der Waals surface area contributed by atoms with E-state index >= 15 is 0 Å². The number of aromatic hydroxyl groups is 3. The lowest BCUT2D eigenvalue weighted by molar-refractivity contribution is -0.323. The van der Waals surface area contributed by atoms with Crippen LogP contribution >= 0.6 is 0 Å². The monoisotopic (exact) mass is 610 g/mol. The molecular weight excluding hydrogens is 580 g/mol. The van der Waals surface area contributed by atoms with Gasteiger partial charge in [0.15, 0.2) is 23.2 Å². The van der Waals surface area contributed by atoms with Crippen molar-refractivity contribution in [1.29, 1.82) is 0 Å². The summed E-state index contributed by atoms with van der Waals surface area (Å²) in [6.45, 7) is -1.29. The molecule has 234 valence electrons. The Bertz CT molecular complexity index is 1510. The fraction of sp³-hybridized carbons (Fsp3) is 0.444. The molecule has 3 aromatic rings. The molecule has 5 rings (SSSR count). The van der Waals surface area contributed by atoms with E-state index in [4.69, 9.17) is 23.4 Å². The van der Waals surface area contributed by atoms with Crippen molar-refractivity contribution < 1.29 is 74.4 Å². The van der Waals surface area contributed by atoms with Gasteiger partial charge in [0, 0.05) is 23.8 Å². The maximum Gasteiger partial charge on any atom is 0.229 e. The predicted octanol–water partition coefficient (Wildman–Crippen LogP) is -2.42. The molecule has 10 N–H and O–H groups in total. The summed E-state index contributed by atoms with van der Waals surface area (Å²) in [7, 11) is 0. The minimum atomic E-state index is -1.83. The third-order valence-electron chi connectivity index (χ3n) is 7.24. The van der Waals surface area contributed by atoms with E-state index in [1.165, 1.54) is 18.2 Å². The average Bonchev–Trinajstić information content (AvgIpc) is 2.97. The Hall–Kier alpha value is -3.55. The predicted molar refractivity (Wildman–Crippen MR) is 140 cm³/mol. The van der Waals surface area contributed by atoms with Crippen molar-refractivity contribution in [3.8, 4) is 34.3 Å². The van der Waals surface area contributed by atoms with Gasteiger partial charge in [0.2, 0.25) is 6.29 Å². The molecule has 2 fully saturated rings. The first-order chi connectivity index (χ1) is 20.4. The summed E-state index contributed by atoms with van der Waals surface area (Å²) in [4.78, 5) is 12.7. The average molecular weight is 611 g/mol. The first-order valence-electron chi connectivity index (χ1n) is 13.0. The summed E-state index contributed by atoms with van der Waals surface area (Å²) in [6, 6.07) is 7.01. The van der Waals surface area contributed by atoms with Crippen LogP contribution in [0.1, 0.15) is 0 Å². The van der Waals surface area contributed by atoms with Crippen LogP contribution in [0.4, 0.5) is 0 Å². The van der Waals surface area contributed by atoms with Gasteiger partial charge in [0.25, 0.3) is 0 Å². The minimum absolute atomic E-state index is 0.0257. The summed E-state index contributed by atoms with van der Waals surface area (Å²) in [5, 5.41) is 100. The van der Waals surface area contributed by atoms with Crippen LogP contribution in [0.15, 0.2) is 45.6 Å². The van der Waals surface area contributed by atoms with Crippen molar-refractivity contribution in [3.05, 3.63) is 46.6 Å². The van der Waals surface area contributed by atoms with Gasteiger partial charge in [-0.2, -0.15) is 0 Å². The largest absolute Gasteiger partial charge is 0.507 e. The van der Waals surface area contributed by atoms with E-state index in [-0.39, 0.29) is 28.0 Å². The number of rotatable bonds is 7. The molecule has 0 bridgehead atoms. The molecule has 16 nitrogen and oxygen atoms in total. The SMILES string of the molecule is O=c1cc(-c2ccc(O)c(O)c2)oc2cc(O[C@H]3O[C@@H](CO[C@H]4O[C@@H](CO)[C@H](O)[C@@H](O)[C@@H]4O)[C@H](O)[C@@H](O)[C@@H]3O)cc(O)c12. The maximum atomic E-state index is 12.7. The Balaban J connectivity index is 1.36. The van der Waals surface area contributed by atoms with Crippen molar-refractivity contribution in [2.75, 3.05) is 13.2 Å². The van der Waals surface area contributed by atoms with Crippen LogP contribution in [0.5, 0.6) is 23.0 Å². The number of hydrogen-bond donors (Lipinski definition) is 10. The molecule has 0 spiro atoms. The zero-order valence-electron chi connectivity index (χ0n) is 22.1. The number of aliphatic hydroxyl groups is 7. The van der Waals surface area contributed by atoms with Crippen molar-refractivity contribution in [2.24, 2.45) is 0 Å². The lowest BCUT2D eigenvalue weighted by atomic mass is 9.98. The van der Waals surface area contributed by atoms with Crippen LogP contribution in [-0.2, 0) is 14.2 Å². The van der Waals surface area contributed by atoms with Gasteiger partial charge in [-0.15, -0.1) is 0 Å². The lowest BCUT2D eigenvalue weighted by Crippen LogP contribution is -2.62. The number of ether oxygens (including phenoxy) is 4. The van der Waals surface area contributed by atoms with E-state index in [9.17, 15) is 55.9 Å². The minimum Gasteiger partial charge on any atom is -0.507 e. The van der Waals surface area contributed by atoms with Crippen LogP contribution in [0.3, 0.4) is 0 Å². The first-order valence-corrected chi connectivity index (χ1v) is 13.0. The Morgan fingerprint density at radius 2 is 1.35 bits per heavy atom. The van der Waals surface area contributed by atoms with Crippen LogP contribution < -0.4 is 10.2 Å². The van der Waals surface area contributed by atoms with Crippen molar-refractivity contribution in [1.82, 2.24) is 0 Å². The molecular formula is C27H30O16. The van der Waals surface area contributed by atoms with Gasteiger partial charge in [-0.3, -0.25) is 4.79 Å². The molecule has 2 aliphatic heterocycles. The molecule has 0 radical (unpaired) electrons. The summed E-state index contributed by atoms with van der Waals surface area (Å²) in [5.41, 5.74) is -0.588. The Labute approximate surface area is 241 Å². The second-order valence-electron chi connectivity index (χ2n) is 10.2. The molecule has 0 unspecified atom stereocenters. The molecule has 16 heteroatoms. The smallest absolute Gasteiger partial charge is 0.229 e. The number of phenolic OH excluding ortho intramolecular Hbond substituents is 3. The molecule has 0 saturated carbocycles. The number of hydrogen-bond acceptors (Lipinski definition) is 16. The molecule has 0 aliphatic carbocycles. The topological polar surface area (TPSA) is 269 Å². The molecule has 1 aromatic heterocycles. The molecule has 0 amide bonds. The van der Waals surface area contributed by atoms with Gasteiger partial charge >= 0.3 is 0 Å². The fourth-order valence-corrected chi connectivity index (χ4v) is 4.81. The fourth-order valence-electron chi connectivity index (χ4n) is 4.81. The quantitative estimate of drug-likeness (QED) is 0.125. The molecule has 3 heterocycles.